The number of amides is 1. The maximum Gasteiger partial charge on any atom is 0.415 e. The number of ether oxygens (including phenoxy) is 1. The van der Waals surface area contributed by atoms with Gasteiger partial charge in [-0.05, 0) is 49.2 Å². The number of carbonyl (C=O) groups excluding carboxylic acids is 1. The second kappa shape index (κ2) is 8.38. The summed E-state index contributed by atoms with van der Waals surface area (Å²) in [5.41, 5.74) is 2.87. The minimum absolute atomic E-state index is 0.133. The van der Waals surface area contributed by atoms with Crippen molar-refractivity contribution >= 4 is 27.3 Å². The lowest BCUT2D eigenvalue weighted by Gasteiger charge is -2.43. The number of aliphatic hydroxyl groups is 1. The summed E-state index contributed by atoms with van der Waals surface area (Å²) < 4.78 is 28.5. The molecule has 1 heterocycles. The highest BCUT2D eigenvalue weighted by molar-refractivity contribution is 7.90. The number of aliphatic hydroxyl groups excluding tert-OH is 1. The number of carbonyl (C=O) groups is 1. The number of terminal acetylenes is 1. The highest BCUT2D eigenvalue weighted by Crippen LogP contribution is 2.39. The molecule has 30 heavy (non-hydrogen) atoms. The van der Waals surface area contributed by atoms with Crippen LogP contribution in [0.1, 0.15) is 13.8 Å². The van der Waals surface area contributed by atoms with Gasteiger partial charge in [0.15, 0.2) is 16.4 Å². The molecule has 0 aromatic heterocycles. The van der Waals surface area contributed by atoms with Gasteiger partial charge in [0.25, 0.3) is 0 Å². The molecular weight excluding hydrogens is 404 g/mol. The maximum atomic E-state index is 12.6. The number of rotatable bonds is 4. The van der Waals surface area contributed by atoms with Crippen molar-refractivity contribution in [2.24, 2.45) is 0 Å². The Bertz CT molecular complexity index is 1090. The highest BCUT2D eigenvalue weighted by atomic mass is 32.2. The average Bonchev–Trinajstić information content (AvgIpc) is 2.70. The highest BCUT2D eigenvalue weighted by Gasteiger charge is 2.34. The largest absolute Gasteiger partial charge is 0.436 e. The Morgan fingerprint density at radius 1 is 1.23 bits per heavy atom. The zero-order valence-corrected chi connectivity index (χ0v) is 17.9. The Morgan fingerprint density at radius 2 is 1.87 bits per heavy atom. The molecule has 1 aliphatic rings. The summed E-state index contributed by atoms with van der Waals surface area (Å²) in [5.74, 6) is 2.29. The molecule has 0 saturated carbocycles. The zero-order valence-electron chi connectivity index (χ0n) is 17.1. The molecule has 0 aliphatic carbocycles. The van der Waals surface area contributed by atoms with E-state index in [0.717, 1.165) is 17.4 Å². The lowest BCUT2D eigenvalue weighted by molar-refractivity contribution is 0.160. The second-order valence-corrected chi connectivity index (χ2v) is 9.27. The van der Waals surface area contributed by atoms with Crippen molar-refractivity contribution in [3.05, 3.63) is 42.5 Å². The minimum Gasteiger partial charge on any atom is -0.436 e. The number of sulfone groups is 1. The molecule has 8 heteroatoms. The fourth-order valence-corrected chi connectivity index (χ4v) is 4.27. The summed E-state index contributed by atoms with van der Waals surface area (Å²) in [4.78, 5) is 16.2. The third-order valence-corrected chi connectivity index (χ3v) is 6.11. The summed E-state index contributed by atoms with van der Waals surface area (Å²) in [5, 5.41) is 10.3. The van der Waals surface area contributed by atoms with Crippen molar-refractivity contribution in [3.8, 4) is 23.5 Å². The number of hydrogen-bond acceptors (Lipinski definition) is 6. The van der Waals surface area contributed by atoms with Gasteiger partial charge in [-0.25, -0.2) is 13.2 Å². The molecular formula is C22H24N2O5S. The normalized spacial score (nSPS) is 17.1. The Morgan fingerprint density at radius 3 is 2.43 bits per heavy atom. The van der Waals surface area contributed by atoms with E-state index in [0.29, 0.717) is 17.9 Å². The van der Waals surface area contributed by atoms with Gasteiger partial charge >= 0.3 is 6.09 Å². The first-order chi connectivity index (χ1) is 14.1. The van der Waals surface area contributed by atoms with Gasteiger partial charge in [-0.3, -0.25) is 4.90 Å². The molecule has 0 spiro atoms. The van der Waals surface area contributed by atoms with Crippen LogP contribution in [0.15, 0.2) is 47.4 Å². The third-order valence-electron chi connectivity index (χ3n) is 4.98. The number of hydrogen-bond donors (Lipinski definition) is 1. The molecule has 2 atom stereocenters. The fourth-order valence-electron chi connectivity index (χ4n) is 3.64. The van der Waals surface area contributed by atoms with Gasteiger partial charge < -0.3 is 14.7 Å². The molecule has 1 amide bonds. The van der Waals surface area contributed by atoms with E-state index in [1.54, 1.807) is 31.2 Å². The predicted molar refractivity (Wildman–Crippen MR) is 116 cm³/mol. The molecule has 0 saturated heterocycles. The van der Waals surface area contributed by atoms with Gasteiger partial charge in [-0.2, -0.15) is 0 Å². The molecule has 0 bridgehead atoms. The van der Waals surface area contributed by atoms with Gasteiger partial charge in [0, 0.05) is 18.8 Å². The number of benzene rings is 2. The molecule has 1 unspecified atom stereocenters. The molecule has 1 N–H and O–H groups in total. The Balaban J connectivity index is 2.06. The minimum atomic E-state index is -3.29. The summed E-state index contributed by atoms with van der Waals surface area (Å²) in [6.07, 6.45) is 5.06. The van der Waals surface area contributed by atoms with Crippen LogP contribution in [0.25, 0.3) is 11.1 Å². The van der Waals surface area contributed by atoms with Gasteiger partial charge in [-0.1, -0.05) is 24.1 Å². The van der Waals surface area contributed by atoms with E-state index in [-0.39, 0.29) is 17.5 Å². The molecule has 1 aliphatic heterocycles. The SMILES string of the molecule is C#CCOC(=O)N1C[C@H](C)N(C(C)O)c2ccc(-c3ccc(S(C)(=O)=O)cc3)cc21. The van der Waals surface area contributed by atoms with Crippen LogP contribution >= 0.6 is 0 Å². The fraction of sp³-hybridized carbons (Fsp3) is 0.318. The summed E-state index contributed by atoms with van der Waals surface area (Å²) >= 11 is 0. The standard InChI is InChI=1S/C22H24N2O5S/c1-5-12-29-22(26)23-14-15(2)24(16(3)25)20-11-8-18(13-21(20)23)17-6-9-19(10-7-17)30(4,27)28/h1,6-11,13,15-16,25H,12,14H2,2-4H3/t15-,16?/m0/s1. The Labute approximate surface area is 176 Å². The van der Waals surface area contributed by atoms with Crippen molar-refractivity contribution in [1.29, 1.82) is 0 Å². The maximum absolute atomic E-state index is 12.6. The molecule has 2 aromatic carbocycles. The zero-order chi connectivity index (χ0) is 22.1. The van der Waals surface area contributed by atoms with Crippen LogP contribution in [0, 0.1) is 12.3 Å². The smallest absolute Gasteiger partial charge is 0.415 e. The summed E-state index contributed by atoms with van der Waals surface area (Å²) in [7, 11) is -3.29. The van der Waals surface area contributed by atoms with E-state index in [2.05, 4.69) is 5.92 Å². The molecule has 3 rings (SSSR count). The summed E-state index contributed by atoms with van der Waals surface area (Å²) in [6, 6.07) is 11.9. The van der Waals surface area contributed by atoms with E-state index in [1.165, 1.54) is 4.90 Å². The van der Waals surface area contributed by atoms with Crippen molar-refractivity contribution in [2.45, 2.75) is 31.0 Å². The predicted octanol–water partition coefficient (Wildman–Crippen LogP) is 2.88. The molecule has 158 valence electrons. The first-order valence-corrected chi connectivity index (χ1v) is 11.3. The number of nitrogens with zero attached hydrogens (tertiary/aromatic N) is 2. The van der Waals surface area contributed by atoms with E-state index < -0.39 is 22.2 Å². The number of fused-ring (bicyclic) bond motifs is 1. The summed E-state index contributed by atoms with van der Waals surface area (Å²) in [6.45, 7) is 3.77. The topological polar surface area (TPSA) is 87.2 Å². The molecule has 2 aromatic rings. The van der Waals surface area contributed by atoms with Gasteiger partial charge in [0.1, 0.15) is 6.23 Å². The van der Waals surface area contributed by atoms with Gasteiger partial charge in [0.05, 0.1) is 16.3 Å². The van der Waals surface area contributed by atoms with E-state index >= 15 is 0 Å². The van der Waals surface area contributed by atoms with Crippen LogP contribution in [0.2, 0.25) is 0 Å². The molecule has 7 nitrogen and oxygen atoms in total. The van der Waals surface area contributed by atoms with Crippen molar-refractivity contribution < 1.29 is 23.1 Å². The first-order valence-electron chi connectivity index (χ1n) is 9.42. The van der Waals surface area contributed by atoms with Gasteiger partial charge in [-0.15, -0.1) is 6.42 Å². The quantitative estimate of drug-likeness (QED) is 0.754. The van der Waals surface area contributed by atoms with Crippen LogP contribution < -0.4 is 9.80 Å². The second-order valence-electron chi connectivity index (χ2n) is 7.26. The van der Waals surface area contributed by atoms with Crippen LogP contribution in [0.5, 0.6) is 0 Å². The monoisotopic (exact) mass is 428 g/mol. The first kappa shape index (κ1) is 21.7. The van der Waals surface area contributed by atoms with Crippen LogP contribution in [-0.4, -0.2) is 51.3 Å². The van der Waals surface area contributed by atoms with Crippen LogP contribution in [0.3, 0.4) is 0 Å². The molecule has 0 radical (unpaired) electrons. The average molecular weight is 429 g/mol. The third kappa shape index (κ3) is 4.27. The van der Waals surface area contributed by atoms with Crippen molar-refractivity contribution in [2.75, 3.05) is 29.2 Å². The number of anilines is 2. The van der Waals surface area contributed by atoms with Crippen LogP contribution in [0.4, 0.5) is 16.2 Å². The van der Waals surface area contributed by atoms with Crippen molar-refractivity contribution in [3.63, 3.8) is 0 Å². The van der Waals surface area contributed by atoms with Crippen LogP contribution in [-0.2, 0) is 14.6 Å². The lowest BCUT2D eigenvalue weighted by atomic mass is 10.0. The lowest BCUT2D eigenvalue weighted by Crippen LogP contribution is -2.52. The Kier molecular flexibility index (Phi) is 6.06. The molecule has 0 fully saturated rings. The van der Waals surface area contributed by atoms with E-state index in [4.69, 9.17) is 11.2 Å². The Hall–Kier alpha value is -3.02. The van der Waals surface area contributed by atoms with Crippen molar-refractivity contribution in [1.82, 2.24) is 0 Å². The van der Waals surface area contributed by atoms with E-state index in [9.17, 15) is 18.3 Å². The van der Waals surface area contributed by atoms with E-state index in [1.807, 2.05) is 30.0 Å². The van der Waals surface area contributed by atoms with Gasteiger partial charge in [0.2, 0.25) is 0 Å².